The Bertz CT molecular complexity index is 928. The summed E-state index contributed by atoms with van der Waals surface area (Å²) >= 11 is 0. The molecule has 128 valence electrons. The minimum atomic E-state index is -0.251. The minimum absolute atomic E-state index is 0.115. The van der Waals surface area contributed by atoms with Gasteiger partial charge in [-0.05, 0) is 56.0 Å². The Kier molecular flexibility index (Phi) is 4.65. The van der Waals surface area contributed by atoms with E-state index in [0.29, 0.717) is 17.9 Å². The number of nitrogens with one attached hydrogen (secondary N) is 1. The maximum Gasteiger partial charge on any atom is 0.322 e. The van der Waals surface area contributed by atoms with Crippen LogP contribution in [0.5, 0.6) is 0 Å². The van der Waals surface area contributed by atoms with E-state index in [4.69, 9.17) is 4.42 Å². The average Bonchev–Trinajstić information content (AvgIpc) is 2.97. The van der Waals surface area contributed by atoms with E-state index in [9.17, 15) is 4.79 Å². The number of aromatic nitrogens is 2. The van der Waals surface area contributed by atoms with Gasteiger partial charge in [0.15, 0.2) is 0 Å². The summed E-state index contributed by atoms with van der Waals surface area (Å²) in [4.78, 5) is 12.4. The third-order valence-electron chi connectivity index (χ3n) is 4.24. The van der Waals surface area contributed by atoms with E-state index >= 15 is 0 Å². The van der Waals surface area contributed by atoms with E-state index < -0.39 is 0 Å². The molecule has 0 fully saturated rings. The van der Waals surface area contributed by atoms with Gasteiger partial charge in [0, 0.05) is 5.56 Å². The largest absolute Gasteiger partial charge is 0.407 e. The highest BCUT2D eigenvalue weighted by Gasteiger charge is 2.14. The first kappa shape index (κ1) is 16.9. The Labute approximate surface area is 147 Å². The van der Waals surface area contributed by atoms with Crippen LogP contribution in [0.2, 0.25) is 0 Å². The Hall–Kier alpha value is -2.95. The first-order valence-corrected chi connectivity index (χ1v) is 8.19. The number of hydrogen-bond donors (Lipinski definition) is 1. The number of rotatable bonds is 4. The molecule has 0 bridgehead atoms. The molecule has 0 unspecified atom stereocenters. The molecular formula is C20H21N3O2. The number of hydrogen-bond acceptors (Lipinski definition) is 4. The van der Waals surface area contributed by atoms with Crippen molar-refractivity contribution in [3.8, 4) is 0 Å². The quantitative estimate of drug-likeness (QED) is 0.778. The summed E-state index contributed by atoms with van der Waals surface area (Å²) in [5, 5.41) is 10.6. The number of amides is 1. The van der Waals surface area contributed by atoms with E-state index in [2.05, 4.69) is 41.5 Å². The summed E-state index contributed by atoms with van der Waals surface area (Å²) in [5.41, 5.74) is 6.18. The van der Waals surface area contributed by atoms with E-state index in [0.717, 1.165) is 16.7 Å². The van der Waals surface area contributed by atoms with Crippen molar-refractivity contribution >= 4 is 11.9 Å². The first-order chi connectivity index (χ1) is 11.9. The molecule has 0 aliphatic rings. The molecule has 0 aliphatic carbocycles. The second-order valence-corrected chi connectivity index (χ2v) is 6.37. The summed E-state index contributed by atoms with van der Waals surface area (Å²) < 4.78 is 5.56. The molecule has 1 aromatic heterocycles. The summed E-state index contributed by atoms with van der Waals surface area (Å²) in [6.07, 6.45) is 0.535. The molecule has 1 heterocycles. The third-order valence-corrected chi connectivity index (χ3v) is 4.24. The van der Waals surface area contributed by atoms with Crippen LogP contribution in [0.25, 0.3) is 0 Å². The Morgan fingerprint density at radius 2 is 1.76 bits per heavy atom. The van der Waals surface area contributed by atoms with Crippen molar-refractivity contribution in [1.29, 1.82) is 0 Å². The number of benzene rings is 2. The topological polar surface area (TPSA) is 68.0 Å². The van der Waals surface area contributed by atoms with Crippen LogP contribution in [-0.4, -0.2) is 16.1 Å². The van der Waals surface area contributed by atoms with Crippen LogP contribution in [0.1, 0.15) is 44.1 Å². The van der Waals surface area contributed by atoms with Gasteiger partial charge in [0.25, 0.3) is 5.91 Å². The molecular weight excluding hydrogens is 314 g/mol. The predicted molar refractivity (Wildman–Crippen MR) is 96.9 cm³/mol. The smallest absolute Gasteiger partial charge is 0.322 e. The van der Waals surface area contributed by atoms with Gasteiger partial charge in [-0.2, -0.15) is 0 Å². The summed E-state index contributed by atoms with van der Waals surface area (Å²) in [5.74, 6) is 0.220. The van der Waals surface area contributed by atoms with E-state index in [1.54, 1.807) is 6.07 Å². The van der Waals surface area contributed by atoms with Gasteiger partial charge >= 0.3 is 6.01 Å². The van der Waals surface area contributed by atoms with Crippen molar-refractivity contribution in [2.45, 2.75) is 34.1 Å². The van der Waals surface area contributed by atoms with Crippen molar-refractivity contribution in [3.05, 3.63) is 75.7 Å². The van der Waals surface area contributed by atoms with Crippen LogP contribution in [0.4, 0.5) is 6.01 Å². The SMILES string of the molecule is Cc1ccc(C(=O)Nc2nnc(Cc3ccc(C)c(C)c3)o2)c(C)c1. The second-order valence-electron chi connectivity index (χ2n) is 6.37. The van der Waals surface area contributed by atoms with Gasteiger partial charge in [-0.1, -0.05) is 41.0 Å². The molecule has 5 heteroatoms. The van der Waals surface area contributed by atoms with Crippen molar-refractivity contribution in [1.82, 2.24) is 10.2 Å². The molecule has 3 aromatic rings. The number of carbonyl (C=O) groups is 1. The standard InChI is InChI=1S/C20H21N3O2/c1-12-5-8-17(15(4)9-12)19(24)21-20-23-22-18(25-20)11-16-7-6-13(2)14(3)10-16/h5-10H,11H2,1-4H3,(H,21,23,24). The Morgan fingerprint density at radius 1 is 0.960 bits per heavy atom. The van der Waals surface area contributed by atoms with Crippen LogP contribution < -0.4 is 5.32 Å². The van der Waals surface area contributed by atoms with Gasteiger partial charge in [0.2, 0.25) is 5.89 Å². The molecule has 1 N–H and O–H groups in total. The van der Waals surface area contributed by atoms with Crippen molar-refractivity contribution < 1.29 is 9.21 Å². The molecule has 5 nitrogen and oxygen atoms in total. The minimum Gasteiger partial charge on any atom is -0.407 e. The predicted octanol–water partition coefficient (Wildman–Crippen LogP) is 4.15. The maximum atomic E-state index is 12.4. The van der Waals surface area contributed by atoms with Crippen molar-refractivity contribution in [2.75, 3.05) is 5.32 Å². The molecule has 25 heavy (non-hydrogen) atoms. The van der Waals surface area contributed by atoms with E-state index in [-0.39, 0.29) is 11.9 Å². The molecule has 0 saturated heterocycles. The third kappa shape index (κ3) is 3.94. The second kappa shape index (κ2) is 6.89. The first-order valence-electron chi connectivity index (χ1n) is 8.19. The lowest BCUT2D eigenvalue weighted by Gasteiger charge is -2.05. The van der Waals surface area contributed by atoms with Gasteiger partial charge < -0.3 is 4.42 Å². The van der Waals surface area contributed by atoms with Crippen LogP contribution in [0.3, 0.4) is 0 Å². The highest BCUT2D eigenvalue weighted by Crippen LogP contribution is 2.16. The summed E-state index contributed by atoms with van der Waals surface area (Å²) in [7, 11) is 0. The van der Waals surface area contributed by atoms with Gasteiger partial charge in [0.1, 0.15) is 0 Å². The molecule has 0 atom stereocenters. The fourth-order valence-corrected chi connectivity index (χ4v) is 2.70. The molecule has 3 rings (SSSR count). The van der Waals surface area contributed by atoms with Crippen molar-refractivity contribution in [3.63, 3.8) is 0 Å². The van der Waals surface area contributed by atoms with Crippen molar-refractivity contribution in [2.24, 2.45) is 0 Å². The molecule has 0 saturated carbocycles. The average molecular weight is 335 g/mol. The normalized spacial score (nSPS) is 10.7. The maximum absolute atomic E-state index is 12.4. The van der Waals surface area contributed by atoms with Crippen LogP contribution in [-0.2, 0) is 6.42 Å². The molecule has 0 spiro atoms. The van der Waals surface area contributed by atoms with Gasteiger partial charge in [0.05, 0.1) is 6.42 Å². The van der Waals surface area contributed by atoms with Crippen LogP contribution in [0, 0.1) is 27.7 Å². The number of nitrogens with zero attached hydrogens (tertiary/aromatic N) is 2. The number of aryl methyl sites for hydroxylation is 4. The number of carbonyl (C=O) groups excluding carboxylic acids is 1. The Balaban J connectivity index is 1.70. The lowest BCUT2D eigenvalue weighted by atomic mass is 10.0. The number of anilines is 1. The van der Waals surface area contributed by atoms with Crippen LogP contribution in [0.15, 0.2) is 40.8 Å². The van der Waals surface area contributed by atoms with Crippen LogP contribution >= 0.6 is 0 Å². The zero-order valence-electron chi connectivity index (χ0n) is 14.9. The van der Waals surface area contributed by atoms with Gasteiger partial charge in [-0.25, -0.2) is 0 Å². The lowest BCUT2D eigenvalue weighted by molar-refractivity contribution is 0.102. The van der Waals surface area contributed by atoms with E-state index in [1.807, 2.05) is 32.0 Å². The fraction of sp³-hybridized carbons (Fsp3) is 0.250. The lowest BCUT2D eigenvalue weighted by Crippen LogP contribution is -2.13. The molecule has 0 aliphatic heterocycles. The van der Waals surface area contributed by atoms with Gasteiger partial charge in [-0.15, -0.1) is 5.10 Å². The molecule has 2 aromatic carbocycles. The van der Waals surface area contributed by atoms with Gasteiger partial charge in [-0.3, -0.25) is 10.1 Å². The molecule has 1 amide bonds. The zero-order chi connectivity index (χ0) is 18.0. The fourth-order valence-electron chi connectivity index (χ4n) is 2.70. The van der Waals surface area contributed by atoms with E-state index in [1.165, 1.54) is 11.1 Å². The highest BCUT2D eigenvalue weighted by molar-refractivity contribution is 6.04. The zero-order valence-corrected chi connectivity index (χ0v) is 14.9. The summed E-state index contributed by atoms with van der Waals surface area (Å²) in [6, 6.07) is 12.0. The Morgan fingerprint density at radius 3 is 2.48 bits per heavy atom. The molecule has 0 radical (unpaired) electrons. The monoisotopic (exact) mass is 335 g/mol. The highest BCUT2D eigenvalue weighted by atomic mass is 16.4. The summed E-state index contributed by atoms with van der Waals surface area (Å²) in [6.45, 7) is 8.04.